The van der Waals surface area contributed by atoms with Crippen LogP contribution >= 0.6 is 0 Å². The van der Waals surface area contributed by atoms with Gasteiger partial charge in [0.05, 0.1) is 13.0 Å². The Kier molecular flexibility index (Phi) is 2.51. The van der Waals surface area contributed by atoms with E-state index in [2.05, 4.69) is 20.3 Å². The lowest BCUT2D eigenvalue weighted by Gasteiger charge is -2.10. The summed E-state index contributed by atoms with van der Waals surface area (Å²) in [6.45, 7) is 0.695. The number of imidazole rings is 1. The Morgan fingerprint density at radius 2 is 2.13 bits per heavy atom. The fraction of sp³-hybridized carbons (Fsp3) is 0.444. The Morgan fingerprint density at radius 1 is 1.33 bits per heavy atom. The molecular formula is C9H14N6. The molecule has 0 saturated carbocycles. The molecule has 80 valence electrons. The van der Waals surface area contributed by atoms with Gasteiger partial charge in [-0.25, -0.2) is 15.0 Å². The minimum Gasteiger partial charge on any atom is -0.361 e. The summed E-state index contributed by atoms with van der Waals surface area (Å²) in [6.07, 6.45) is 3.33. The van der Waals surface area contributed by atoms with Gasteiger partial charge in [-0.1, -0.05) is 0 Å². The number of aromatic nitrogens is 4. The minimum absolute atomic E-state index is 0.695. The highest BCUT2D eigenvalue weighted by Gasteiger charge is 2.10. The molecule has 0 radical (unpaired) electrons. The second-order valence-corrected chi connectivity index (χ2v) is 3.49. The fourth-order valence-electron chi connectivity index (χ4n) is 1.48. The molecule has 0 aromatic carbocycles. The molecule has 0 spiro atoms. The average molecular weight is 206 g/mol. The molecule has 0 saturated heterocycles. The highest BCUT2D eigenvalue weighted by atomic mass is 15.2. The number of hydrogen-bond acceptors (Lipinski definition) is 5. The van der Waals surface area contributed by atoms with Crippen LogP contribution in [0.1, 0.15) is 0 Å². The van der Waals surface area contributed by atoms with Crippen molar-refractivity contribution in [2.45, 2.75) is 6.67 Å². The van der Waals surface area contributed by atoms with E-state index in [0.29, 0.717) is 6.67 Å². The van der Waals surface area contributed by atoms with E-state index in [0.717, 1.165) is 17.0 Å². The van der Waals surface area contributed by atoms with Crippen molar-refractivity contribution >= 4 is 17.0 Å². The monoisotopic (exact) mass is 206 g/mol. The first-order chi connectivity index (χ1) is 7.24. The van der Waals surface area contributed by atoms with E-state index < -0.39 is 0 Å². The molecule has 6 heteroatoms. The largest absolute Gasteiger partial charge is 0.361 e. The van der Waals surface area contributed by atoms with E-state index >= 15 is 0 Å². The molecule has 2 aromatic rings. The highest BCUT2D eigenvalue weighted by Crippen LogP contribution is 2.18. The summed E-state index contributed by atoms with van der Waals surface area (Å²) in [5.74, 6) is 0.842. The van der Waals surface area contributed by atoms with Gasteiger partial charge >= 0.3 is 0 Å². The van der Waals surface area contributed by atoms with E-state index in [1.54, 1.807) is 12.7 Å². The number of nitrogens with zero attached hydrogens (tertiary/aromatic N) is 5. The van der Waals surface area contributed by atoms with Crippen molar-refractivity contribution in [3.8, 4) is 0 Å². The first-order valence-electron chi connectivity index (χ1n) is 4.72. The van der Waals surface area contributed by atoms with Crippen molar-refractivity contribution in [3.05, 3.63) is 12.7 Å². The summed E-state index contributed by atoms with van der Waals surface area (Å²) in [5, 5.41) is 3.06. The predicted octanol–water partition coefficient (Wildman–Crippen LogP) is 0.0692. The number of rotatable bonds is 3. The number of hydrogen-bond donors (Lipinski definition) is 1. The maximum Gasteiger partial charge on any atom is 0.166 e. The molecule has 0 fully saturated rings. The molecule has 2 aromatic heterocycles. The number of nitrogens with one attached hydrogen (secondary N) is 1. The van der Waals surface area contributed by atoms with Crippen LogP contribution in [0.15, 0.2) is 12.7 Å². The van der Waals surface area contributed by atoms with E-state index in [9.17, 15) is 0 Å². The molecule has 15 heavy (non-hydrogen) atoms. The van der Waals surface area contributed by atoms with Crippen molar-refractivity contribution in [2.24, 2.45) is 0 Å². The lowest BCUT2D eigenvalue weighted by atomic mass is 10.4. The van der Waals surface area contributed by atoms with Gasteiger partial charge in [0.25, 0.3) is 0 Å². The zero-order valence-electron chi connectivity index (χ0n) is 9.10. The summed E-state index contributed by atoms with van der Waals surface area (Å²) in [4.78, 5) is 14.7. The Labute approximate surface area is 88.0 Å². The second-order valence-electron chi connectivity index (χ2n) is 3.49. The van der Waals surface area contributed by atoms with Crippen LogP contribution in [0.2, 0.25) is 0 Å². The normalized spacial score (nSPS) is 10.9. The van der Waals surface area contributed by atoms with E-state index in [1.165, 1.54) is 0 Å². The molecule has 0 unspecified atom stereocenters. The van der Waals surface area contributed by atoms with Gasteiger partial charge in [-0.3, -0.25) is 0 Å². The van der Waals surface area contributed by atoms with Crippen molar-refractivity contribution in [2.75, 3.05) is 26.0 Å². The molecule has 0 aliphatic heterocycles. The van der Waals surface area contributed by atoms with Crippen LogP contribution < -0.4 is 10.2 Å². The third-order valence-corrected chi connectivity index (χ3v) is 2.13. The molecular weight excluding hydrogens is 192 g/mol. The van der Waals surface area contributed by atoms with Crippen molar-refractivity contribution < 1.29 is 0 Å². The second kappa shape index (κ2) is 3.82. The average Bonchev–Trinajstić information content (AvgIpc) is 2.62. The smallest absolute Gasteiger partial charge is 0.166 e. The first-order valence-corrected chi connectivity index (χ1v) is 4.72. The summed E-state index contributed by atoms with van der Waals surface area (Å²) in [6, 6.07) is 0. The van der Waals surface area contributed by atoms with Crippen LogP contribution in [0.5, 0.6) is 0 Å². The van der Waals surface area contributed by atoms with Crippen LogP contribution in [0.25, 0.3) is 11.2 Å². The van der Waals surface area contributed by atoms with Crippen molar-refractivity contribution in [3.63, 3.8) is 0 Å². The van der Waals surface area contributed by atoms with Gasteiger partial charge in [-0.2, -0.15) is 0 Å². The van der Waals surface area contributed by atoms with Crippen LogP contribution in [0.4, 0.5) is 5.82 Å². The summed E-state index contributed by atoms with van der Waals surface area (Å²) < 4.78 is 1.95. The van der Waals surface area contributed by atoms with Crippen LogP contribution in [0.3, 0.4) is 0 Å². The van der Waals surface area contributed by atoms with Crippen molar-refractivity contribution in [1.29, 1.82) is 0 Å². The molecule has 1 N–H and O–H groups in total. The zero-order valence-corrected chi connectivity index (χ0v) is 9.10. The molecule has 0 aliphatic rings. The van der Waals surface area contributed by atoms with Gasteiger partial charge in [-0.15, -0.1) is 0 Å². The Balaban J connectivity index is 2.58. The van der Waals surface area contributed by atoms with Crippen LogP contribution in [0, 0.1) is 0 Å². The molecule has 0 amide bonds. The molecule has 6 nitrogen and oxygen atoms in total. The molecule has 0 atom stereocenters. The third kappa shape index (κ3) is 1.63. The van der Waals surface area contributed by atoms with Gasteiger partial charge in [0.1, 0.15) is 6.33 Å². The molecule has 0 bridgehead atoms. The van der Waals surface area contributed by atoms with Gasteiger partial charge in [0, 0.05) is 14.1 Å². The van der Waals surface area contributed by atoms with Crippen LogP contribution in [-0.2, 0) is 6.67 Å². The lowest BCUT2D eigenvalue weighted by Crippen LogP contribution is -2.14. The van der Waals surface area contributed by atoms with E-state index in [1.807, 2.05) is 30.6 Å². The Bertz CT molecular complexity index is 461. The number of fused-ring (bicyclic) bond motifs is 1. The van der Waals surface area contributed by atoms with Crippen molar-refractivity contribution in [1.82, 2.24) is 24.8 Å². The first kappa shape index (κ1) is 9.85. The highest BCUT2D eigenvalue weighted by molar-refractivity contribution is 5.82. The molecule has 2 heterocycles. The van der Waals surface area contributed by atoms with E-state index in [-0.39, 0.29) is 0 Å². The Hall–Kier alpha value is -1.69. The van der Waals surface area contributed by atoms with Gasteiger partial charge in [0.2, 0.25) is 0 Å². The SMILES string of the molecule is CNCn1cnc2c(N(C)C)ncnc21. The standard InChI is InChI=1S/C9H14N6/c1-10-5-15-6-13-7-8(14(2)3)11-4-12-9(7)15/h4,6,10H,5H2,1-3H3. The van der Waals surface area contributed by atoms with Gasteiger partial charge in [-0.05, 0) is 7.05 Å². The quantitative estimate of drug-likeness (QED) is 0.770. The fourth-order valence-corrected chi connectivity index (χ4v) is 1.48. The van der Waals surface area contributed by atoms with Gasteiger partial charge < -0.3 is 14.8 Å². The summed E-state index contributed by atoms with van der Waals surface area (Å²) >= 11 is 0. The van der Waals surface area contributed by atoms with Gasteiger partial charge in [0.15, 0.2) is 17.0 Å². The minimum atomic E-state index is 0.695. The maximum atomic E-state index is 4.31. The summed E-state index contributed by atoms with van der Waals surface area (Å²) in [5.41, 5.74) is 1.68. The predicted molar refractivity (Wildman–Crippen MR) is 58.7 cm³/mol. The molecule has 2 rings (SSSR count). The third-order valence-electron chi connectivity index (χ3n) is 2.13. The number of anilines is 1. The Morgan fingerprint density at radius 3 is 2.80 bits per heavy atom. The zero-order chi connectivity index (χ0) is 10.8. The topological polar surface area (TPSA) is 58.9 Å². The lowest BCUT2D eigenvalue weighted by molar-refractivity contribution is 0.628. The van der Waals surface area contributed by atoms with Crippen LogP contribution in [-0.4, -0.2) is 40.7 Å². The molecule has 0 aliphatic carbocycles. The van der Waals surface area contributed by atoms with E-state index in [4.69, 9.17) is 0 Å². The summed E-state index contributed by atoms with van der Waals surface area (Å²) in [7, 11) is 5.78. The maximum absolute atomic E-state index is 4.31.